The number of rotatable bonds is 9. The highest BCUT2D eigenvalue weighted by molar-refractivity contribution is 5.34. The Morgan fingerprint density at radius 2 is 1.90 bits per heavy atom. The summed E-state index contributed by atoms with van der Waals surface area (Å²) in [6.07, 6.45) is 16.5. The molecule has 1 spiro atoms. The third kappa shape index (κ3) is 5.65. The molecule has 4 fully saturated rings. The number of hydrogen-bond donors (Lipinski definition) is 1. The van der Waals surface area contributed by atoms with E-state index >= 15 is 0 Å². The topological polar surface area (TPSA) is 51.2 Å². The maximum atomic E-state index is 10.4. The number of fused-ring (bicyclic) bond motifs is 6. The van der Waals surface area contributed by atoms with E-state index in [4.69, 9.17) is 14.2 Å². The Labute approximate surface area is 250 Å². The molecule has 0 amide bonds. The predicted octanol–water partition coefficient (Wildman–Crippen LogP) is 7.29. The molecule has 0 unspecified atom stereocenters. The Kier molecular flexibility index (Phi) is 9.13. The normalized spacial score (nSPS) is 44.3. The van der Waals surface area contributed by atoms with Gasteiger partial charge in [0.25, 0.3) is 0 Å². The summed E-state index contributed by atoms with van der Waals surface area (Å²) in [6.45, 7) is 16.4. The van der Waals surface area contributed by atoms with Gasteiger partial charge in [-0.1, -0.05) is 56.9 Å². The predicted molar refractivity (Wildman–Crippen MR) is 165 cm³/mol. The Hall–Kier alpha value is -0.720. The van der Waals surface area contributed by atoms with Gasteiger partial charge in [0, 0.05) is 31.7 Å². The minimum Gasteiger partial charge on any atom is -0.393 e. The zero-order valence-corrected chi connectivity index (χ0v) is 26.8. The summed E-state index contributed by atoms with van der Waals surface area (Å²) >= 11 is 0. The van der Waals surface area contributed by atoms with Gasteiger partial charge in [0.2, 0.25) is 0 Å². The molecule has 10 atom stereocenters. The summed E-state index contributed by atoms with van der Waals surface area (Å²) in [7, 11) is 0. The summed E-state index contributed by atoms with van der Waals surface area (Å²) in [4.78, 5) is 2.77. The van der Waals surface area contributed by atoms with E-state index in [1.165, 1.54) is 51.5 Å². The van der Waals surface area contributed by atoms with Crippen LogP contribution in [0, 0.1) is 35.0 Å². The van der Waals surface area contributed by atoms with Gasteiger partial charge >= 0.3 is 0 Å². The van der Waals surface area contributed by atoms with Crippen molar-refractivity contribution in [2.75, 3.05) is 33.1 Å². The largest absolute Gasteiger partial charge is 0.393 e. The Bertz CT molecular complexity index is 992. The number of ether oxygens (including phenoxy) is 3. The molecule has 4 aliphatic carbocycles. The van der Waals surface area contributed by atoms with Gasteiger partial charge in [-0.2, -0.15) is 0 Å². The van der Waals surface area contributed by atoms with Crippen molar-refractivity contribution in [3.63, 3.8) is 0 Å². The van der Waals surface area contributed by atoms with E-state index in [9.17, 15) is 5.11 Å². The van der Waals surface area contributed by atoms with Crippen molar-refractivity contribution in [2.24, 2.45) is 35.0 Å². The lowest BCUT2D eigenvalue weighted by Gasteiger charge is -2.49. The first-order chi connectivity index (χ1) is 19.8. The van der Waals surface area contributed by atoms with E-state index in [0.717, 1.165) is 69.6 Å². The second-order valence-electron chi connectivity index (χ2n) is 15.4. The van der Waals surface area contributed by atoms with Gasteiger partial charge in [0.15, 0.2) is 0 Å². The van der Waals surface area contributed by atoms with Crippen LogP contribution < -0.4 is 0 Å². The Morgan fingerprint density at radius 3 is 2.71 bits per heavy atom. The van der Waals surface area contributed by atoms with E-state index in [2.05, 4.69) is 45.6 Å². The minimum atomic E-state index is -0.123. The standard InChI is InChI=1S/C36H59NO4/c1-6-7-16-39-23-40-17-8-15-37-22-24(2)18-33-34(37)26(4)36(41-33)14-12-29-30-10-9-27-19-28(38)11-13-35(27,5)32(30)20-31(29)25(3)21-36/h9,24,26,28-30,32-34,38H,6-8,10-23H2,1-5H3/t24-,26+,28-,29-,30-,32-,33+,34-,35-,36-/m0/s1. The highest BCUT2D eigenvalue weighted by atomic mass is 16.7. The van der Waals surface area contributed by atoms with Gasteiger partial charge in [-0.15, -0.1) is 0 Å². The molecule has 2 saturated heterocycles. The van der Waals surface area contributed by atoms with Gasteiger partial charge in [0.1, 0.15) is 6.79 Å². The van der Waals surface area contributed by atoms with Crippen LogP contribution >= 0.6 is 0 Å². The van der Waals surface area contributed by atoms with Crippen molar-refractivity contribution in [3.05, 3.63) is 22.8 Å². The van der Waals surface area contributed by atoms with Crippen LogP contribution in [0.25, 0.3) is 0 Å². The molecule has 5 nitrogen and oxygen atoms in total. The summed E-state index contributed by atoms with van der Waals surface area (Å²) < 4.78 is 18.7. The van der Waals surface area contributed by atoms with Crippen LogP contribution in [-0.4, -0.2) is 67.0 Å². The maximum Gasteiger partial charge on any atom is 0.146 e. The van der Waals surface area contributed by atoms with Crippen molar-refractivity contribution in [1.29, 1.82) is 0 Å². The third-order valence-electron chi connectivity index (χ3n) is 12.8. The fourth-order valence-electron chi connectivity index (χ4n) is 10.6. The molecule has 0 aromatic rings. The number of aliphatic hydroxyl groups is 1. The number of aliphatic hydroxyl groups excluding tert-OH is 1. The van der Waals surface area contributed by atoms with Gasteiger partial charge < -0.3 is 19.3 Å². The van der Waals surface area contributed by atoms with Crippen molar-refractivity contribution >= 4 is 0 Å². The van der Waals surface area contributed by atoms with E-state index in [-0.39, 0.29) is 11.7 Å². The lowest BCUT2D eigenvalue weighted by atomic mass is 9.56. The van der Waals surface area contributed by atoms with Crippen molar-refractivity contribution < 1.29 is 19.3 Å². The number of allylic oxidation sites excluding steroid dienone is 2. The fourth-order valence-corrected chi connectivity index (χ4v) is 10.6. The van der Waals surface area contributed by atoms with Crippen LogP contribution in [0.2, 0.25) is 0 Å². The van der Waals surface area contributed by atoms with Gasteiger partial charge in [-0.3, -0.25) is 4.90 Å². The van der Waals surface area contributed by atoms with Crippen LogP contribution in [0.1, 0.15) is 112 Å². The van der Waals surface area contributed by atoms with Crippen LogP contribution in [-0.2, 0) is 14.2 Å². The van der Waals surface area contributed by atoms with Crippen LogP contribution in [0.15, 0.2) is 22.8 Å². The van der Waals surface area contributed by atoms with Gasteiger partial charge in [-0.05, 0) is 107 Å². The van der Waals surface area contributed by atoms with Crippen LogP contribution in [0.5, 0.6) is 0 Å². The average Bonchev–Trinajstić information content (AvgIpc) is 3.40. The average molecular weight is 570 g/mol. The first-order valence-electron chi connectivity index (χ1n) is 17.4. The zero-order valence-electron chi connectivity index (χ0n) is 26.8. The molecule has 6 rings (SSSR count). The van der Waals surface area contributed by atoms with E-state index < -0.39 is 0 Å². The molecule has 2 saturated carbocycles. The quantitative estimate of drug-likeness (QED) is 0.180. The molecular weight excluding hydrogens is 510 g/mol. The smallest absolute Gasteiger partial charge is 0.146 e. The van der Waals surface area contributed by atoms with Crippen molar-refractivity contribution in [1.82, 2.24) is 4.90 Å². The first-order valence-corrected chi connectivity index (χ1v) is 17.4. The summed E-state index contributed by atoms with van der Waals surface area (Å²) in [5.74, 6) is 3.50. The van der Waals surface area contributed by atoms with E-state index in [0.29, 0.717) is 36.2 Å². The molecule has 0 radical (unpaired) electrons. The van der Waals surface area contributed by atoms with Crippen LogP contribution in [0.3, 0.4) is 0 Å². The summed E-state index contributed by atoms with van der Waals surface area (Å²) in [6, 6.07) is 0.531. The van der Waals surface area contributed by atoms with Crippen molar-refractivity contribution in [2.45, 2.75) is 136 Å². The number of nitrogens with zero attached hydrogens (tertiary/aromatic N) is 1. The number of unbranched alkanes of at least 4 members (excludes halogenated alkanes) is 1. The lowest BCUT2D eigenvalue weighted by Crippen LogP contribution is -2.52. The molecule has 2 aliphatic heterocycles. The fraction of sp³-hybridized carbons (Fsp3) is 0.889. The molecule has 232 valence electrons. The molecular formula is C36H59NO4. The molecule has 41 heavy (non-hydrogen) atoms. The lowest BCUT2D eigenvalue weighted by molar-refractivity contribution is -0.0809. The van der Waals surface area contributed by atoms with Crippen molar-refractivity contribution in [3.8, 4) is 0 Å². The summed E-state index contributed by atoms with van der Waals surface area (Å²) in [5.41, 5.74) is 5.32. The highest BCUT2D eigenvalue weighted by Crippen LogP contribution is 2.63. The highest BCUT2D eigenvalue weighted by Gasteiger charge is 2.59. The minimum absolute atomic E-state index is 0.00724. The third-order valence-corrected chi connectivity index (χ3v) is 12.8. The number of likely N-dealkylation sites (tertiary alicyclic amines) is 1. The second-order valence-corrected chi connectivity index (χ2v) is 15.4. The van der Waals surface area contributed by atoms with E-state index in [1.807, 2.05) is 0 Å². The summed E-state index contributed by atoms with van der Waals surface area (Å²) in [5, 5.41) is 10.4. The maximum absolute atomic E-state index is 10.4. The Morgan fingerprint density at radius 1 is 1.10 bits per heavy atom. The van der Waals surface area contributed by atoms with E-state index in [1.54, 1.807) is 16.7 Å². The molecule has 5 heteroatoms. The molecule has 1 N–H and O–H groups in total. The zero-order chi connectivity index (χ0) is 28.8. The van der Waals surface area contributed by atoms with Crippen LogP contribution in [0.4, 0.5) is 0 Å². The molecule has 0 aromatic carbocycles. The SMILES string of the molecule is CCCCOCOCCCN1C[C@@H](C)C[C@H]2O[C@]3(CC[C@@H]4C(=C(C)C3)C[C@H]3[C@H]4CC=C4C[C@@H](O)CC[C@@]43C)[C@H](C)[C@@H]21. The first kappa shape index (κ1) is 30.3. The molecule has 0 bridgehead atoms. The monoisotopic (exact) mass is 569 g/mol. The second kappa shape index (κ2) is 12.3. The molecule has 2 heterocycles. The molecule has 6 aliphatic rings. The number of piperidine rings is 1. The molecule has 0 aromatic heterocycles. The Balaban J connectivity index is 1.12. The number of hydrogen-bond acceptors (Lipinski definition) is 5. The van der Waals surface area contributed by atoms with Gasteiger partial charge in [0.05, 0.1) is 24.4 Å². The van der Waals surface area contributed by atoms with Gasteiger partial charge in [-0.25, -0.2) is 0 Å².